The SMILES string of the molecule is Cc1ccccc1C(=O)N1CCCC[C@@H](c2ccc(F)cc2)C1. The van der Waals surface area contributed by atoms with E-state index in [2.05, 4.69) is 0 Å². The van der Waals surface area contributed by atoms with Crippen LogP contribution in [0.5, 0.6) is 0 Å². The van der Waals surface area contributed by atoms with Crippen LogP contribution in [0.15, 0.2) is 48.5 Å². The second-order valence-electron chi connectivity index (χ2n) is 6.31. The minimum absolute atomic E-state index is 0.108. The third kappa shape index (κ3) is 3.61. The summed E-state index contributed by atoms with van der Waals surface area (Å²) in [6.45, 7) is 3.48. The molecule has 3 rings (SSSR count). The number of carbonyl (C=O) groups is 1. The fraction of sp³-hybridized carbons (Fsp3) is 0.350. The van der Waals surface area contributed by atoms with E-state index in [1.54, 1.807) is 0 Å². The second kappa shape index (κ2) is 6.95. The average Bonchev–Trinajstić information content (AvgIpc) is 2.81. The molecule has 1 aliphatic rings. The van der Waals surface area contributed by atoms with E-state index in [0.717, 1.165) is 42.5 Å². The minimum Gasteiger partial charge on any atom is -0.338 e. The fourth-order valence-corrected chi connectivity index (χ4v) is 3.32. The van der Waals surface area contributed by atoms with Crippen molar-refractivity contribution < 1.29 is 9.18 Å². The Bertz CT molecular complexity index is 680. The smallest absolute Gasteiger partial charge is 0.254 e. The number of likely N-dealkylation sites (tertiary alicyclic amines) is 1. The van der Waals surface area contributed by atoms with Gasteiger partial charge in [-0.25, -0.2) is 4.39 Å². The van der Waals surface area contributed by atoms with E-state index in [4.69, 9.17) is 0 Å². The number of amides is 1. The number of hydrogen-bond acceptors (Lipinski definition) is 1. The van der Waals surface area contributed by atoms with E-state index in [0.29, 0.717) is 6.54 Å². The minimum atomic E-state index is -0.213. The lowest BCUT2D eigenvalue weighted by atomic mass is 9.94. The lowest BCUT2D eigenvalue weighted by Gasteiger charge is -2.25. The summed E-state index contributed by atoms with van der Waals surface area (Å²) in [5, 5.41) is 0. The van der Waals surface area contributed by atoms with Crippen molar-refractivity contribution in [1.29, 1.82) is 0 Å². The van der Waals surface area contributed by atoms with E-state index in [1.807, 2.05) is 48.2 Å². The van der Waals surface area contributed by atoms with Gasteiger partial charge in [0.1, 0.15) is 5.82 Å². The Morgan fingerprint density at radius 2 is 1.83 bits per heavy atom. The van der Waals surface area contributed by atoms with Gasteiger partial charge in [-0.3, -0.25) is 4.79 Å². The van der Waals surface area contributed by atoms with Gasteiger partial charge in [-0.15, -0.1) is 0 Å². The first-order chi connectivity index (χ1) is 11.1. The molecule has 0 bridgehead atoms. The van der Waals surface area contributed by atoms with Gasteiger partial charge >= 0.3 is 0 Å². The summed E-state index contributed by atoms with van der Waals surface area (Å²) in [5.74, 6) is 0.179. The van der Waals surface area contributed by atoms with Gasteiger partial charge in [0, 0.05) is 24.6 Å². The molecule has 120 valence electrons. The molecule has 1 aliphatic heterocycles. The van der Waals surface area contributed by atoms with Crippen molar-refractivity contribution in [3.05, 3.63) is 71.0 Å². The van der Waals surface area contributed by atoms with Crippen LogP contribution in [0.3, 0.4) is 0 Å². The second-order valence-corrected chi connectivity index (χ2v) is 6.31. The number of nitrogens with zero attached hydrogens (tertiary/aromatic N) is 1. The monoisotopic (exact) mass is 311 g/mol. The van der Waals surface area contributed by atoms with Crippen molar-refractivity contribution in [2.24, 2.45) is 0 Å². The summed E-state index contributed by atoms with van der Waals surface area (Å²) in [6, 6.07) is 14.5. The number of rotatable bonds is 2. The predicted octanol–water partition coefficient (Wildman–Crippen LogP) is 4.54. The molecule has 0 radical (unpaired) electrons. The Morgan fingerprint density at radius 1 is 1.09 bits per heavy atom. The molecule has 0 saturated carbocycles. The summed E-state index contributed by atoms with van der Waals surface area (Å²) < 4.78 is 13.1. The normalized spacial score (nSPS) is 18.5. The molecule has 0 aliphatic carbocycles. The van der Waals surface area contributed by atoms with E-state index in [1.165, 1.54) is 12.1 Å². The quantitative estimate of drug-likeness (QED) is 0.797. The molecule has 1 saturated heterocycles. The molecule has 1 heterocycles. The van der Waals surface area contributed by atoms with Gasteiger partial charge in [-0.05, 0) is 49.1 Å². The molecule has 2 aromatic rings. The van der Waals surface area contributed by atoms with Crippen molar-refractivity contribution >= 4 is 5.91 Å². The highest BCUT2D eigenvalue weighted by Crippen LogP contribution is 2.27. The predicted molar refractivity (Wildman–Crippen MR) is 90.1 cm³/mol. The maximum atomic E-state index is 13.1. The summed E-state index contributed by atoms with van der Waals surface area (Å²) in [4.78, 5) is 14.8. The zero-order valence-corrected chi connectivity index (χ0v) is 13.5. The Kier molecular flexibility index (Phi) is 4.75. The lowest BCUT2D eigenvalue weighted by molar-refractivity contribution is 0.0754. The topological polar surface area (TPSA) is 20.3 Å². The van der Waals surface area contributed by atoms with Crippen LogP contribution < -0.4 is 0 Å². The molecular weight excluding hydrogens is 289 g/mol. The van der Waals surface area contributed by atoms with Crippen LogP contribution in [-0.4, -0.2) is 23.9 Å². The summed E-state index contributed by atoms with van der Waals surface area (Å²) in [6.07, 6.45) is 3.16. The molecule has 2 nitrogen and oxygen atoms in total. The first-order valence-corrected chi connectivity index (χ1v) is 8.25. The molecular formula is C20H22FNO. The van der Waals surface area contributed by atoms with Crippen LogP contribution in [0.1, 0.15) is 46.7 Å². The van der Waals surface area contributed by atoms with Gasteiger partial charge in [0.15, 0.2) is 0 Å². The highest BCUT2D eigenvalue weighted by molar-refractivity contribution is 5.95. The summed E-state index contributed by atoms with van der Waals surface area (Å²) in [5.41, 5.74) is 2.92. The third-order valence-corrected chi connectivity index (χ3v) is 4.68. The first kappa shape index (κ1) is 15.7. The molecule has 2 aromatic carbocycles. The fourth-order valence-electron chi connectivity index (χ4n) is 3.32. The van der Waals surface area contributed by atoms with Gasteiger partial charge in [0.05, 0.1) is 0 Å². The van der Waals surface area contributed by atoms with Gasteiger partial charge < -0.3 is 4.90 Å². The van der Waals surface area contributed by atoms with E-state index < -0.39 is 0 Å². The molecule has 0 spiro atoms. The van der Waals surface area contributed by atoms with E-state index in [9.17, 15) is 9.18 Å². The number of aryl methyl sites for hydroxylation is 1. The first-order valence-electron chi connectivity index (χ1n) is 8.25. The van der Waals surface area contributed by atoms with Crippen LogP contribution >= 0.6 is 0 Å². The summed E-state index contributed by atoms with van der Waals surface area (Å²) >= 11 is 0. The maximum Gasteiger partial charge on any atom is 0.254 e. The molecule has 1 atom stereocenters. The number of hydrogen-bond donors (Lipinski definition) is 0. The van der Waals surface area contributed by atoms with Crippen molar-refractivity contribution in [3.8, 4) is 0 Å². The standard InChI is InChI=1S/C20H22FNO/c1-15-6-2-3-8-19(15)20(23)22-13-5-4-7-17(14-22)16-9-11-18(21)12-10-16/h2-3,6,8-12,17H,4-5,7,13-14H2,1H3/t17-/m1/s1. The van der Waals surface area contributed by atoms with Crippen LogP contribution in [0, 0.1) is 12.7 Å². The van der Waals surface area contributed by atoms with Crippen LogP contribution in [0.2, 0.25) is 0 Å². The van der Waals surface area contributed by atoms with Crippen molar-refractivity contribution in [2.75, 3.05) is 13.1 Å². The van der Waals surface area contributed by atoms with Crippen LogP contribution in [0.4, 0.5) is 4.39 Å². The van der Waals surface area contributed by atoms with Gasteiger partial charge in [0.25, 0.3) is 5.91 Å². The molecule has 1 amide bonds. The van der Waals surface area contributed by atoms with Gasteiger partial charge in [0.2, 0.25) is 0 Å². The Balaban J connectivity index is 1.81. The Hall–Kier alpha value is -2.16. The van der Waals surface area contributed by atoms with Gasteiger partial charge in [-0.2, -0.15) is 0 Å². The molecule has 23 heavy (non-hydrogen) atoms. The number of carbonyl (C=O) groups excluding carboxylic acids is 1. The average molecular weight is 311 g/mol. The van der Waals surface area contributed by atoms with Crippen LogP contribution in [0.25, 0.3) is 0 Å². The van der Waals surface area contributed by atoms with E-state index in [-0.39, 0.29) is 17.6 Å². The van der Waals surface area contributed by atoms with Crippen molar-refractivity contribution in [2.45, 2.75) is 32.1 Å². The molecule has 0 unspecified atom stereocenters. The molecule has 1 fully saturated rings. The third-order valence-electron chi connectivity index (χ3n) is 4.68. The number of halogens is 1. The Morgan fingerprint density at radius 3 is 2.57 bits per heavy atom. The van der Waals surface area contributed by atoms with Crippen molar-refractivity contribution in [1.82, 2.24) is 4.90 Å². The van der Waals surface area contributed by atoms with Crippen LogP contribution in [-0.2, 0) is 0 Å². The van der Waals surface area contributed by atoms with Crippen molar-refractivity contribution in [3.63, 3.8) is 0 Å². The lowest BCUT2D eigenvalue weighted by Crippen LogP contribution is -2.34. The van der Waals surface area contributed by atoms with E-state index >= 15 is 0 Å². The highest BCUT2D eigenvalue weighted by atomic mass is 19.1. The Labute approximate surface area is 136 Å². The zero-order valence-electron chi connectivity index (χ0n) is 13.5. The summed E-state index contributed by atoms with van der Waals surface area (Å²) in [7, 11) is 0. The maximum absolute atomic E-state index is 13.1. The molecule has 0 N–H and O–H groups in total. The number of benzene rings is 2. The zero-order chi connectivity index (χ0) is 16.2. The largest absolute Gasteiger partial charge is 0.338 e. The highest BCUT2D eigenvalue weighted by Gasteiger charge is 2.24. The molecule has 0 aromatic heterocycles. The van der Waals surface area contributed by atoms with Gasteiger partial charge in [-0.1, -0.05) is 36.8 Å². The molecule has 3 heteroatoms.